The molecule has 1 fully saturated rings. The van der Waals surface area contributed by atoms with Gasteiger partial charge in [-0.25, -0.2) is 0 Å². The largest absolute Gasteiger partial charge is 0.370 e. The molecule has 0 spiro atoms. The molecule has 0 saturated carbocycles. The number of likely N-dealkylation sites (tertiary alicyclic amines) is 1. The topological polar surface area (TPSA) is 6.48 Å². The van der Waals surface area contributed by atoms with Crippen molar-refractivity contribution in [3.05, 3.63) is 52.5 Å². The van der Waals surface area contributed by atoms with Crippen molar-refractivity contribution in [3.8, 4) is 11.1 Å². The fraction of sp³-hybridized carbons (Fsp3) is 0.333. The smallest absolute Gasteiger partial charge is 0.0598 e. The van der Waals surface area contributed by atoms with Crippen molar-refractivity contribution in [2.45, 2.75) is 12.5 Å². The van der Waals surface area contributed by atoms with Gasteiger partial charge in [-0.05, 0) is 43.8 Å². The molecule has 2 nitrogen and oxygen atoms in total. The van der Waals surface area contributed by atoms with Gasteiger partial charge in [0.2, 0.25) is 0 Å². The third-order valence-corrected chi connectivity index (χ3v) is 5.17. The van der Waals surface area contributed by atoms with Gasteiger partial charge in [0.05, 0.1) is 10.0 Å². The molecule has 0 unspecified atom stereocenters. The van der Waals surface area contributed by atoms with Gasteiger partial charge >= 0.3 is 0 Å². The van der Waals surface area contributed by atoms with Crippen LogP contribution in [0.4, 0.5) is 5.69 Å². The molecule has 0 aliphatic carbocycles. The van der Waals surface area contributed by atoms with Crippen molar-refractivity contribution in [1.29, 1.82) is 0 Å². The van der Waals surface area contributed by atoms with Crippen molar-refractivity contribution in [2.24, 2.45) is 0 Å². The summed E-state index contributed by atoms with van der Waals surface area (Å²) in [7, 11) is 4.36. The van der Waals surface area contributed by atoms with Crippen molar-refractivity contribution in [3.63, 3.8) is 0 Å². The van der Waals surface area contributed by atoms with Crippen molar-refractivity contribution in [2.75, 3.05) is 32.1 Å². The number of benzene rings is 2. The van der Waals surface area contributed by atoms with Crippen LogP contribution in [0.15, 0.2) is 42.5 Å². The van der Waals surface area contributed by atoms with E-state index in [-0.39, 0.29) is 0 Å². The molecule has 0 bridgehead atoms. The van der Waals surface area contributed by atoms with E-state index < -0.39 is 0 Å². The summed E-state index contributed by atoms with van der Waals surface area (Å²) < 4.78 is 0. The van der Waals surface area contributed by atoms with Gasteiger partial charge in [-0.15, -0.1) is 0 Å². The van der Waals surface area contributed by atoms with Crippen LogP contribution < -0.4 is 4.90 Å². The van der Waals surface area contributed by atoms with Crippen LogP contribution in [0.25, 0.3) is 11.1 Å². The number of rotatable bonds is 3. The Balaban J connectivity index is 1.97. The fourth-order valence-corrected chi connectivity index (χ4v) is 3.41. The SMILES string of the molecule is CN1CC[C@@H](N(C)c2ccccc2-c2ccc(Cl)c(Cl)c2)C1. The Kier molecular flexibility index (Phi) is 4.62. The Bertz CT molecular complexity index is 672. The van der Waals surface area contributed by atoms with Crippen molar-refractivity contribution >= 4 is 28.9 Å². The molecule has 0 amide bonds. The maximum absolute atomic E-state index is 6.19. The highest BCUT2D eigenvalue weighted by molar-refractivity contribution is 6.42. The van der Waals surface area contributed by atoms with Crippen LogP contribution >= 0.6 is 23.2 Å². The van der Waals surface area contributed by atoms with E-state index in [9.17, 15) is 0 Å². The van der Waals surface area contributed by atoms with E-state index in [0.29, 0.717) is 16.1 Å². The summed E-state index contributed by atoms with van der Waals surface area (Å²) in [5.74, 6) is 0. The summed E-state index contributed by atoms with van der Waals surface area (Å²) in [5, 5.41) is 1.19. The van der Waals surface area contributed by atoms with Crippen molar-refractivity contribution in [1.82, 2.24) is 4.90 Å². The average Bonchev–Trinajstić information content (AvgIpc) is 2.96. The quantitative estimate of drug-likeness (QED) is 0.795. The highest BCUT2D eigenvalue weighted by atomic mass is 35.5. The fourth-order valence-electron chi connectivity index (χ4n) is 3.11. The number of hydrogen-bond donors (Lipinski definition) is 0. The van der Waals surface area contributed by atoms with Crippen LogP contribution in [-0.2, 0) is 0 Å². The standard InChI is InChI=1S/C18H20Cl2N2/c1-21-10-9-14(12-21)22(2)18-6-4-3-5-15(18)13-7-8-16(19)17(20)11-13/h3-8,11,14H,9-10,12H2,1-2H3/t14-/m1/s1. The van der Waals surface area contributed by atoms with Gasteiger partial charge < -0.3 is 9.80 Å². The maximum atomic E-state index is 6.19. The van der Waals surface area contributed by atoms with Gasteiger partial charge in [0.25, 0.3) is 0 Å². The Hall–Kier alpha value is -1.22. The normalized spacial score (nSPS) is 18.6. The Morgan fingerprint density at radius 1 is 1.09 bits per heavy atom. The zero-order chi connectivity index (χ0) is 15.7. The third kappa shape index (κ3) is 3.10. The molecule has 0 N–H and O–H groups in total. The first-order valence-electron chi connectivity index (χ1n) is 7.52. The van der Waals surface area contributed by atoms with E-state index in [1.54, 1.807) is 0 Å². The molecule has 22 heavy (non-hydrogen) atoms. The number of likely N-dealkylation sites (N-methyl/N-ethyl adjacent to an activating group) is 2. The lowest BCUT2D eigenvalue weighted by atomic mass is 10.0. The summed E-state index contributed by atoms with van der Waals surface area (Å²) in [6.07, 6.45) is 1.20. The molecule has 4 heteroatoms. The monoisotopic (exact) mass is 334 g/mol. The minimum Gasteiger partial charge on any atom is -0.370 e. The Labute approximate surface area is 142 Å². The summed E-state index contributed by atoms with van der Waals surface area (Å²) in [5.41, 5.74) is 3.53. The maximum Gasteiger partial charge on any atom is 0.0598 e. The van der Waals surface area contributed by atoms with Crippen LogP contribution in [0, 0.1) is 0 Å². The minimum atomic E-state index is 0.550. The highest BCUT2D eigenvalue weighted by Crippen LogP contribution is 2.35. The van der Waals surface area contributed by atoms with Crippen LogP contribution in [0.1, 0.15) is 6.42 Å². The number of nitrogens with zero attached hydrogens (tertiary/aromatic N) is 2. The Morgan fingerprint density at radius 2 is 1.86 bits per heavy atom. The molecule has 0 aromatic heterocycles. The van der Waals surface area contributed by atoms with E-state index >= 15 is 0 Å². The molecule has 1 atom stereocenters. The van der Waals surface area contributed by atoms with Crippen LogP contribution in [-0.4, -0.2) is 38.1 Å². The van der Waals surface area contributed by atoms with Crippen LogP contribution in [0.5, 0.6) is 0 Å². The summed E-state index contributed by atoms with van der Waals surface area (Å²) in [6, 6.07) is 14.9. The van der Waals surface area contributed by atoms with E-state index in [0.717, 1.165) is 18.7 Å². The molecule has 3 rings (SSSR count). The van der Waals surface area contributed by atoms with Gasteiger partial charge in [0, 0.05) is 30.9 Å². The average molecular weight is 335 g/mol. The molecule has 1 aliphatic rings. The number of para-hydroxylation sites is 1. The molecule has 0 radical (unpaired) electrons. The van der Waals surface area contributed by atoms with E-state index in [2.05, 4.69) is 48.2 Å². The molecule has 2 aromatic rings. The molecule has 1 saturated heterocycles. The first-order valence-corrected chi connectivity index (χ1v) is 8.27. The first kappa shape index (κ1) is 15.7. The predicted molar refractivity (Wildman–Crippen MR) is 96.2 cm³/mol. The lowest BCUT2D eigenvalue weighted by Gasteiger charge is -2.29. The molecule has 1 aliphatic heterocycles. The number of hydrogen-bond acceptors (Lipinski definition) is 2. The van der Waals surface area contributed by atoms with Gasteiger partial charge in [-0.2, -0.15) is 0 Å². The first-order chi connectivity index (χ1) is 10.6. The van der Waals surface area contributed by atoms with E-state index in [1.165, 1.54) is 17.7 Å². The second-order valence-corrected chi connectivity index (χ2v) is 6.78. The van der Waals surface area contributed by atoms with Gasteiger partial charge in [-0.3, -0.25) is 0 Å². The Morgan fingerprint density at radius 3 is 2.55 bits per heavy atom. The predicted octanol–water partition coefficient (Wildman–Crippen LogP) is 4.80. The van der Waals surface area contributed by atoms with Crippen LogP contribution in [0.3, 0.4) is 0 Å². The van der Waals surface area contributed by atoms with Crippen molar-refractivity contribution < 1.29 is 0 Å². The second kappa shape index (κ2) is 6.49. The zero-order valence-electron chi connectivity index (χ0n) is 12.9. The molecule has 1 heterocycles. The summed E-state index contributed by atoms with van der Waals surface area (Å²) >= 11 is 12.2. The molecule has 2 aromatic carbocycles. The number of anilines is 1. The summed E-state index contributed by atoms with van der Waals surface area (Å²) in [4.78, 5) is 4.77. The van der Waals surface area contributed by atoms with E-state index in [4.69, 9.17) is 23.2 Å². The minimum absolute atomic E-state index is 0.550. The summed E-state index contributed by atoms with van der Waals surface area (Å²) in [6.45, 7) is 2.26. The number of halogens is 2. The lowest BCUT2D eigenvalue weighted by Crippen LogP contribution is -2.34. The third-order valence-electron chi connectivity index (χ3n) is 4.43. The molecule has 116 valence electrons. The molecular formula is C18H20Cl2N2. The zero-order valence-corrected chi connectivity index (χ0v) is 14.4. The van der Waals surface area contributed by atoms with Gasteiger partial charge in [0.1, 0.15) is 0 Å². The van der Waals surface area contributed by atoms with E-state index in [1.807, 2.05) is 18.2 Å². The van der Waals surface area contributed by atoms with Gasteiger partial charge in [0.15, 0.2) is 0 Å². The molecular weight excluding hydrogens is 315 g/mol. The second-order valence-electron chi connectivity index (χ2n) is 5.96. The highest BCUT2D eigenvalue weighted by Gasteiger charge is 2.24. The van der Waals surface area contributed by atoms with Gasteiger partial charge in [-0.1, -0.05) is 47.5 Å². The lowest BCUT2D eigenvalue weighted by molar-refractivity contribution is 0.409. The van der Waals surface area contributed by atoms with Crippen LogP contribution in [0.2, 0.25) is 10.0 Å².